The molecule has 2 N–H and O–H groups in total. The molecule has 1 aromatic heterocycles. The fourth-order valence-corrected chi connectivity index (χ4v) is 2.04. The van der Waals surface area contributed by atoms with Gasteiger partial charge in [-0.1, -0.05) is 6.92 Å². The topological polar surface area (TPSA) is 79.3 Å². The third-order valence-corrected chi connectivity index (χ3v) is 3.77. The molecule has 0 bridgehead atoms. The summed E-state index contributed by atoms with van der Waals surface area (Å²) in [5, 5.41) is 11.5. The largest absolute Gasteiger partial charge is 0.478 e. The van der Waals surface area contributed by atoms with Crippen LogP contribution in [0, 0.1) is 5.41 Å². The van der Waals surface area contributed by atoms with Crippen LogP contribution in [-0.4, -0.2) is 28.5 Å². The lowest BCUT2D eigenvalue weighted by molar-refractivity contribution is -0.131. The third-order valence-electron chi connectivity index (χ3n) is 3.77. The van der Waals surface area contributed by atoms with E-state index in [9.17, 15) is 9.59 Å². The first-order chi connectivity index (χ1) is 9.54. The number of hydrogen-bond donors (Lipinski definition) is 2. The van der Waals surface area contributed by atoms with Gasteiger partial charge in [0, 0.05) is 25.0 Å². The maximum atomic E-state index is 12.0. The molecule has 106 valence electrons. The monoisotopic (exact) mass is 274 g/mol. The second kappa shape index (κ2) is 5.86. The van der Waals surface area contributed by atoms with Gasteiger partial charge in [-0.25, -0.2) is 4.79 Å². The van der Waals surface area contributed by atoms with E-state index in [0.29, 0.717) is 23.1 Å². The van der Waals surface area contributed by atoms with E-state index >= 15 is 0 Å². The molecule has 0 saturated heterocycles. The highest BCUT2D eigenvalue weighted by Crippen LogP contribution is 2.47. The van der Waals surface area contributed by atoms with Crippen molar-refractivity contribution in [1.82, 2.24) is 10.3 Å². The van der Waals surface area contributed by atoms with Gasteiger partial charge in [0.15, 0.2) is 0 Å². The zero-order chi connectivity index (χ0) is 14.6. The molecule has 5 heteroatoms. The standard InChI is InChI=1S/C15H18N2O3/c1-2-15(5-6-15)10-17-14(20)12-7-11(8-16-9-12)3-4-13(18)19/h3-4,7-9H,2,5-6,10H2,1H3,(H,17,20)(H,18,19)/b4-3+. The van der Waals surface area contributed by atoms with Crippen molar-refractivity contribution >= 4 is 18.0 Å². The number of carboxylic acid groups (broad SMARTS) is 1. The van der Waals surface area contributed by atoms with Crippen molar-refractivity contribution in [3.8, 4) is 0 Å². The number of amides is 1. The first-order valence-corrected chi connectivity index (χ1v) is 6.69. The maximum absolute atomic E-state index is 12.0. The molecule has 1 aromatic rings. The summed E-state index contributed by atoms with van der Waals surface area (Å²) in [5.41, 5.74) is 1.34. The summed E-state index contributed by atoms with van der Waals surface area (Å²) >= 11 is 0. The molecule has 20 heavy (non-hydrogen) atoms. The maximum Gasteiger partial charge on any atom is 0.328 e. The molecule has 1 saturated carbocycles. The Morgan fingerprint density at radius 2 is 2.20 bits per heavy atom. The summed E-state index contributed by atoms with van der Waals surface area (Å²) in [7, 11) is 0. The van der Waals surface area contributed by atoms with E-state index in [0.717, 1.165) is 12.5 Å². The van der Waals surface area contributed by atoms with Gasteiger partial charge in [-0.05, 0) is 42.4 Å². The van der Waals surface area contributed by atoms with E-state index in [4.69, 9.17) is 5.11 Å². The first kappa shape index (κ1) is 14.2. The number of carboxylic acids is 1. The number of rotatable bonds is 6. The minimum absolute atomic E-state index is 0.164. The van der Waals surface area contributed by atoms with E-state index in [1.54, 1.807) is 6.07 Å². The van der Waals surface area contributed by atoms with Crippen molar-refractivity contribution in [1.29, 1.82) is 0 Å². The van der Waals surface area contributed by atoms with Crippen molar-refractivity contribution in [3.63, 3.8) is 0 Å². The first-order valence-electron chi connectivity index (χ1n) is 6.69. The van der Waals surface area contributed by atoms with Crippen LogP contribution < -0.4 is 5.32 Å². The van der Waals surface area contributed by atoms with Gasteiger partial charge in [0.25, 0.3) is 5.91 Å². The van der Waals surface area contributed by atoms with Crippen molar-refractivity contribution in [2.45, 2.75) is 26.2 Å². The summed E-state index contributed by atoms with van der Waals surface area (Å²) in [4.78, 5) is 26.5. The molecule has 0 spiro atoms. The van der Waals surface area contributed by atoms with E-state index in [-0.39, 0.29) is 5.91 Å². The number of aliphatic carboxylic acids is 1. The highest BCUT2D eigenvalue weighted by atomic mass is 16.4. The van der Waals surface area contributed by atoms with Crippen molar-refractivity contribution in [2.24, 2.45) is 5.41 Å². The van der Waals surface area contributed by atoms with Crippen LogP contribution in [0.2, 0.25) is 0 Å². The van der Waals surface area contributed by atoms with Gasteiger partial charge >= 0.3 is 5.97 Å². The summed E-state index contributed by atoms with van der Waals surface area (Å²) in [6.45, 7) is 2.83. The zero-order valence-corrected chi connectivity index (χ0v) is 11.4. The summed E-state index contributed by atoms with van der Waals surface area (Å²) in [5.74, 6) is -1.19. The molecular weight excluding hydrogens is 256 g/mol. The van der Waals surface area contributed by atoms with Crippen LogP contribution in [-0.2, 0) is 4.79 Å². The van der Waals surface area contributed by atoms with E-state index in [2.05, 4.69) is 17.2 Å². The van der Waals surface area contributed by atoms with Gasteiger partial charge in [-0.2, -0.15) is 0 Å². The second-order valence-corrected chi connectivity index (χ2v) is 5.21. The number of carbonyl (C=O) groups excluding carboxylic acids is 1. The summed E-state index contributed by atoms with van der Waals surface area (Å²) < 4.78 is 0. The molecular formula is C15H18N2O3. The molecule has 0 aliphatic heterocycles. The van der Waals surface area contributed by atoms with Crippen LogP contribution in [0.3, 0.4) is 0 Å². The molecule has 5 nitrogen and oxygen atoms in total. The Hall–Kier alpha value is -2.17. The zero-order valence-electron chi connectivity index (χ0n) is 11.4. The van der Waals surface area contributed by atoms with Crippen molar-refractivity contribution < 1.29 is 14.7 Å². The Morgan fingerprint density at radius 3 is 2.80 bits per heavy atom. The molecule has 0 atom stereocenters. The average Bonchev–Trinajstić information content (AvgIpc) is 3.23. The predicted octanol–water partition coefficient (Wildman–Crippen LogP) is 2.10. The number of carbonyl (C=O) groups is 2. The van der Waals surface area contributed by atoms with E-state index in [1.165, 1.54) is 31.3 Å². The van der Waals surface area contributed by atoms with Crippen LogP contribution >= 0.6 is 0 Å². The Labute approximate surface area is 117 Å². The van der Waals surface area contributed by atoms with Gasteiger partial charge in [0.2, 0.25) is 0 Å². The number of nitrogens with one attached hydrogen (secondary N) is 1. The van der Waals surface area contributed by atoms with E-state index < -0.39 is 5.97 Å². The SMILES string of the molecule is CCC1(CNC(=O)c2cncc(/C=C/C(=O)O)c2)CC1. The fraction of sp³-hybridized carbons (Fsp3) is 0.400. The number of hydrogen-bond acceptors (Lipinski definition) is 3. The lowest BCUT2D eigenvalue weighted by atomic mass is 10.0. The molecule has 0 aromatic carbocycles. The molecule has 1 aliphatic rings. The quantitative estimate of drug-likeness (QED) is 0.779. The molecule has 1 amide bonds. The van der Waals surface area contributed by atoms with Gasteiger partial charge in [0.1, 0.15) is 0 Å². The van der Waals surface area contributed by atoms with Crippen LogP contribution in [0.25, 0.3) is 6.08 Å². The Bertz CT molecular complexity index is 548. The molecule has 0 unspecified atom stereocenters. The van der Waals surface area contributed by atoms with Crippen LogP contribution in [0.1, 0.15) is 42.1 Å². The Kier molecular flexibility index (Phi) is 4.17. The smallest absolute Gasteiger partial charge is 0.328 e. The molecule has 1 aliphatic carbocycles. The van der Waals surface area contributed by atoms with Crippen LogP contribution in [0.15, 0.2) is 24.5 Å². The molecule has 1 fully saturated rings. The predicted molar refractivity (Wildman–Crippen MR) is 75.2 cm³/mol. The lowest BCUT2D eigenvalue weighted by Crippen LogP contribution is -2.30. The highest BCUT2D eigenvalue weighted by Gasteiger charge is 2.40. The lowest BCUT2D eigenvalue weighted by Gasteiger charge is -2.13. The van der Waals surface area contributed by atoms with Gasteiger partial charge < -0.3 is 10.4 Å². The van der Waals surface area contributed by atoms with E-state index in [1.807, 2.05) is 0 Å². The fourth-order valence-electron chi connectivity index (χ4n) is 2.04. The molecule has 2 rings (SSSR count). The van der Waals surface area contributed by atoms with Crippen molar-refractivity contribution in [2.75, 3.05) is 6.54 Å². The third kappa shape index (κ3) is 3.66. The van der Waals surface area contributed by atoms with Crippen LogP contribution in [0.4, 0.5) is 0 Å². The molecule has 1 heterocycles. The number of aromatic nitrogens is 1. The molecule has 0 radical (unpaired) electrons. The normalized spacial score (nSPS) is 16.1. The Morgan fingerprint density at radius 1 is 1.45 bits per heavy atom. The summed E-state index contributed by atoms with van der Waals surface area (Å²) in [6.07, 6.45) is 8.86. The van der Waals surface area contributed by atoms with Gasteiger partial charge in [0.05, 0.1) is 5.56 Å². The minimum atomic E-state index is -1.03. The number of nitrogens with zero attached hydrogens (tertiary/aromatic N) is 1. The van der Waals surface area contributed by atoms with Gasteiger partial charge in [-0.15, -0.1) is 0 Å². The minimum Gasteiger partial charge on any atom is -0.478 e. The second-order valence-electron chi connectivity index (χ2n) is 5.21. The Balaban J connectivity index is 1.99. The van der Waals surface area contributed by atoms with Gasteiger partial charge in [-0.3, -0.25) is 9.78 Å². The number of pyridine rings is 1. The highest BCUT2D eigenvalue weighted by molar-refractivity contribution is 5.94. The average molecular weight is 274 g/mol. The van der Waals surface area contributed by atoms with Crippen molar-refractivity contribution in [3.05, 3.63) is 35.7 Å². The summed E-state index contributed by atoms with van der Waals surface area (Å²) in [6, 6.07) is 1.63. The van der Waals surface area contributed by atoms with Crippen LogP contribution in [0.5, 0.6) is 0 Å².